The molecule has 0 aliphatic carbocycles. The zero-order valence-corrected chi connectivity index (χ0v) is 13.7. The van der Waals surface area contributed by atoms with Gasteiger partial charge in [-0.05, 0) is 39.5 Å². The number of amides is 2. The topological polar surface area (TPSA) is 80.6 Å². The van der Waals surface area contributed by atoms with Crippen LogP contribution in [0.2, 0.25) is 0 Å². The smallest absolute Gasteiger partial charge is 0.255 e. The second-order valence-corrected chi connectivity index (χ2v) is 6.91. The Bertz CT molecular complexity index is 606. The van der Waals surface area contributed by atoms with Crippen molar-refractivity contribution >= 4 is 11.8 Å². The molecule has 126 valence electrons. The Balaban J connectivity index is 1.65. The van der Waals surface area contributed by atoms with Gasteiger partial charge >= 0.3 is 0 Å². The highest BCUT2D eigenvalue weighted by Gasteiger charge is 2.30. The molecule has 2 aliphatic heterocycles. The normalized spacial score (nSPS) is 23.6. The van der Waals surface area contributed by atoms with Crippen LogP contribution in [0.3, 0.4) is 0 Å². The van der Waals surface area contributed by atoms with E-state index in [9.17, 15) is 9.59 Å². The average Bonchev–Trinajstić information content (AvgIpc) is 2.84. The van der Waals surface area contributed by atoms with Gasteiger partial charge in [0.15, 0.2) is 0 Å². The second-order valence-electron chi connectivity index (χ2n) is 6.91. The van der Waals surface area contributed by atoms with Crippen molar-refractivity contribution in [2.24, 2.45) is 0 Å². The van der Waals surface area contributed by atoms with E-state index < -0.39 is 0 Å². The number of fused-ring (bicyclic) bond motifs is 1. The summed E-state index contributed by atoms with van der Waals surface area (Å²) in [5.74, 6) is 0.0886. The Morgan fingerprint density at radius 3 is 3.04 bits per heavy atom. The zero-order valence-electron chi connectivity index (χ0n) is 13.7. The first-order valence-corrected chi connectivity index (χ1v) is 8.31. The molecule has 1 saturated heterocycles. The highest BCUT2D eigenvalue weighted by atomic mass is 16.5. The summed E-state index contributed by atoms with van der Waals surface area (Å²) in [6, 6.07) is 0. The molecule has 2 N–H and O–H groups in total. The molecule has 0 spiro atoms. The summed E-state index contributed by atoms with van der Waals surface area (Å²) in [6.45, 7) is 5.20. The van der Waals surface area contributed by atoms with Gasteiger partial charge in [-0.25, -0.2) is 0 Å². The summed E-state index contributed by atoms with van der Waals surface area (Å²) >= 11 is 0. The van der Waals surface area contributed by atoms with Crippen LogP contribution < -0.4 is 10.6 Å². The monoisotopic (exact) mass is 320 g/mol. The van der Waals surface area contributed by atoms with Crippen LogP contribution in [0, 0.1) is 0 Å². The molecule has 1 unspecified atom stereocenters. The van der Waals surface area contributed by atoms with Crippen molar-refractivity contribution in [3.8, 4) is 0 Å². The van der Waals surface area contributed by atoms with Crippen LogP contribution in [-0.2, 0) is 11.2 Å². The fourth-order valence-corrected chi connectivity index (χ4v) is 3.31. The third-order valence-corrected chi connectivity index (χ3v) is 4.49. The molecule has 1 fully saturated rings. The molecule has 3 heterocycles. The molecule has 0 aromatic carbocycles. The summed E-state index contributed by atoms with van der Waals surface area (Å²) < 4.78 is 11.4. The van der Waals surface area contributed by atoms with Gasteiger partial charge in [0.25, 0.3) is 11.8 Å². The van der Waals surface area contributed by atoms with Crippen molar-refractivity contribution in [3.05, 3.63) is 23.2 Å². The van der Waals surface area contributed by atoms with Crippen LogP contribution in [0.1, 0.15) is 66.0 Å². The Morgan fingerprint density at radius 1 is 1.43 bits per heavy atom. The predicted molar refractivity (Wildman–Crippen MR) is 84.5 cm³/mol. The fourth-order valence-electron chi connectivity index (χ4n) is 3.31. The van der Waals surface area contributed by atoms with Crippen LogP contribution in [-0.4, -0.2) is 36.6 Å². The number of carbonyl (C=O) groups excluding carboxylic acids is 2. The quantitative estimate of drug-likeness (QED) is 0.893. The maximum absolute atomic E-state index is 12.4. The van der Waals surface area contributed by atoms with Gasteiger partial charge < -0.3 is 19.8 Å². The largest absolute Gasteiger partial charge is 0.468 e. The van der Waals surface area contributed by atoms with Gasteiger partial charge in [0.1, 0.15) is 12.0 Å². The maximum atomic E-state index is 12.4. The molecule has 3 rings (SSSR count). The second kappa shape index (κ2) is 6.35. The first-order chi connectivity index (χ1) is 11.0. The van der Waals surface area contributed by atoms with E-state index in [1.807, 2.05) is 0 Å². The van der Waals surface area contributed by atoms with Crippen molar-refractivity contribution in [2.75, 3.05) is 13.1 Å². The number of furan rings is 1. The average molecular weight is 320 g/mol. The number of aryl methyl sites for hydroxylation is 1. The number of carbonyl (C=O) groups is 2. The van der Waals surface area contributed by atoms with Crippen molar-refractivity contribution in [2.45, 2.75) is 57.7 Å². The number of hydrogen-bond acceptors (Lipinski definition) is 4. The lowest BCUT2D eigenvalue weighted by molar-refractivity contribution is -0.104. The van der Waals surface area contributed by atoms with E-state index in [1.54, 1.807) is 0 Å². The molecule has 1 aromatic heterocycles. The lowest BCUT2D eigenvalue weighted by Crippen LogP contribution is -2.42. The number of nitrogens with one attached hydrogen (secondary N) is 2. The van der Waals surface area contributed by atoms with Crippen LogP contribution in [0.15, 0.2) is 10.7 Å². The molecule has 23 heavy (non-hydrogen) atoms. The molecular formula is C17H24N2O4. The van der Waals surface area contributed by atoms with Crippen molar-refractivity contribution in [1.29, 1.82) is 0 Å². The molecule has 0 bridgehead atoms. The first-order valence-electron chi connectivity index (χ1n) is 8.31. The number of hydrogen-bond donors (Lipinski definition) is 2. The van der Waals surface area contributed by atoms with E-state index in [1.165, 1.54) is 6.26 Å². The standard InChI is InChI=1S/C17H24N2O4/c1-17(2)7-3-5-11(23-17)9-19-15(20)12-10-22-13-6-4-8-18-16(21)14(12)13/h10-11H,3-9H2,1-2H3,(H,18,21)(H,19,20). The van der Waals surface area contributed by atoms with Gasteiger partial charge in [0, 0.05) is 19.5 Å². The SMILES string of the molecule is CC1(C)CCCC(CNC(=O)c2coc3c2C(=O)NCCC3)O1. The molecule has 2 aliphatic rings. The van der Waals surface area contributed by atoms with E-state index in [4.69, 9.17) is 9.15 Å². The Hall–Kier alpha value is -1.82. The molecular weight excluding hydrogens is 296 g/mol. The van der Waals surface area contributed by atoms with Crippen LogP contribution in [0.5, 0.6) is 0 Å². The van der Waals surface area contributed by atoms with Gasteiger partial charge in [-0.2, -0.15) is 0 Å². The first kappa shape index (κ1) is 16.1. The molecule has 6 nitrogen and oxygen atoms in total. The lowest BCUT2D eigenvalue weighted by Gasteiger charge is -2.36. The molecule has 0 saturated carbocycles. The van der Waals surface area contributed by atoms with Crippen LogP contribution >= 0.6 is 0 Å². The Kier molecular flexibility index (Phi) is 4.43. The lowest BCUT2D eigenvalue weighted by atomic mass is 9.95. The Morgan fingerprint density at radius 2 is 2.26 bits per heavy atom. The van der Waals surface area contributed by atoms with Crippen molar-refractivity contribution < 1.29 is 18.7 Å². The fraction of sp³-hybridized carbons (Fsp3) is 0.647. The van der Waals surface area contributed by atoms with Gasteiger partial charge in [0.2, 0.25) is 0 Å². The summed E-state index contributed by atoms with van der Waals surface area (Å²) in [7, 11) is 0. The summed E-state index contributed by atoms with van der Waals surface area (Å²) in [6.07, 6.45) is 5.95. The predicted octanol–water partition coefficient (Wildman–Crippen LogP) is 2.03. The molecule has 2 amide bonds. The van der Waals surface area contributed by atoms with Crippen molar-refractivity contribution in [3.63, 3.8) is 0 Å². The third-order valence-electron chi connectivity index (χ3n) is 4.49. The summed E-state index contributed by atoms with van der Waals surface area (Å²) in [4.78, 5) is 24.5. The highest BCUT2D eigenvalue weighted by molar-refractivity contribution is 6.08. The van der Waals surface area contributed by atoms with Gasteiger partial charge in [-0.15, -0.1) is 0 Å². The van der Waals surface area contributed by atoms with Crippen LogP contribution in [0.4, 0.5) is 0 Å². The maximum Gasteiger partial charge on any atom is 0.255 e. The third kappa shape index (κ3) is 3.58. The highest BCUT2D eigenvalue weighted by Crippen LogP contribution is 2.27. The van der Waals surface area contributed by atoms with E-state index in [0.717, 1.165) is 25.7 Å². The summed E-state index contributed by atoms with van der Waals surface area (Å²) in [5, 5.41) is 5.67. The van der Waals surface area contributed by atoms with E-state index in [0.29, 0.717) is 36.4 Å². The van der Waals surface area contributed by atoms with Crippen LogP contribution in [0.25, 0.3) is 0 Å². The van der Waals surface area contributed by atoms with Gasteiger partial charge in [-0.1, -0.05) is 0 Å². The minimum atomic E-state index is -0.279. The minimum absolute atomic E-state index is 0.0158. The molecule has 1 aromatic rings. The molecule has 0 radical (unpaired) electrons. The van der Waals surface area contributed by atoms with E-state index in [-0.39, 0.29) is 23.5 Å². The molecule has 6 heteroatoms. The van der Waals surface area contributed by atoms with E-state index >= 15 is 0 Å². The molecule has 1 atom stereocenters. The minimum Gasteiger partial charge on any atom is -0.468 e. The zero-order chi connectivity index (χ0) is 16.4. The van der Waals surface area contributed by atoms with Gasteiger partial charge in [0.05, 0.1) is 22.8 Å². The van der Waals surface area contributed by atoms with Crippen molar-refractivity contribution in [1.82, 2.24) is 10.6 Å². The summed E-state index contributed by atoms with van der Waals surface area (Å²) in [5.41, 5.74) is 0.555. The number of ether oxygens (including phenoxy) is 1. The number of rotatable bonds is 3. The van der Waals surface area contributed by atoms with Gasteiger partial charge in [-0.3, -0.25) is 9.59 Å². The Labute approximate surface area is 135 Å². The van der Waals surface area contributed by atoms with E-state index in [2.05, 4.69) is 24.5 Å².